The molecule has 2 amide bonds. The van der Waals surface area contributed by atoms with Crippen molar-refractivity contribution >= 4 is 23.3 Å². The molecular formula is C12H13ClF3N3O2. The number of carbonyl (C=O) groups excluding carboxylic acids is 1. The van der Waals surface area contributed by atoms with Gasteiger partial charge in [0.1, 0.15) is 0 Å². The lowest BCUT2D eigenvalue weighted by Gasteiger charge is -2.38. The molecule has 1 aromatic rings. The van der Waals surface area contributed by atoms with Crippen LogP contribution in [0.5, 0.6) is 0 Å². The number of urea groups is 1. The molecule has 2 heterocycles. The number of likely N-dealkylation sites (tertiary alicyclic amines) is 1. The largest absolute Gasteiger partial charge is 0.417 e. The van der Waals surface area contributed by atoms with Gasteiger partial charge in [-0.1, -0.05) is 11.6 Å². The van der Waals surface area contributed by atoms with Crippen molar-refractivity contribution in [2.45, 2.75) is 24.6 Å². The fraction of sp³-hybridized carbons (Fsp3) is 0.500. The molecule has 1 fully saturated rings. The normalized spacial score (nSPS) is 18.4. The van der Waals surface area contributed by atoms with Gasteiger partial charge in [0.2, 0.25) is 0 Å². The van der Waals surface area contributed by atoms with Crippen LogP contribution in [0.25, 0.3) is 0 Å². The fourth-order valence-corrected chi connectivity index (χ4v) is 2.22. The predicted molar refractivity (Wildman–Crippen MR) is 70.1 cm³/mol. The van der Waals surface area contributed by atoms with Crippen molar-refractivity contribution in [1.82, 2.24) is 9.88 Å². The number of carbonyl (C=O) groups is 1. The number of alkyl halides is 3. The lowest BCUT2D eigenvalue weighted by atomic mass is 9.91. The molecule has 2 rings (SSSR count). The van der Waals surface area contributed by atoms with Crippen molar-refractivity contribution in [2.24, 2.45) is 0 Å². The van der Waals surface area contributed by atoms with Gasteiger partial charge in [-0.25, -0.2) is 4.79 Å². The van der Waals surface area contributed by atoms with E-state index in [-0.39, 0.29) is 13.1 Å². The topological polar surface area (TPSA) is 65.5 Å². The van der Waals surface area contributed by atoms with Crippen LogP contribution in [0.3, 0.4) is 0 Å². The first-order valence-electron chi connectivity index (χ1n) is 6.17. The number of aliphatic hydroxyl groups is 1. The van der Waals surface area contributed by atoms with Crippen molar-refractivity contribution in [3.8, 4) is 0 Å². The Kier molecular flexibility index (Phi) is 4.29. The zero-order valence-electron chi connectivity index (χ0n) is 10.8. The number of hydrogen-bond acceptors (Lipinski definition) is 3. The van der Waals surface area contributed by atoms with Crippen LogP contribution in [-0.4, -0.2) is 45.9 Å². The summed E-state index contributed by atoms with van der Waals surface area (Å²) in [4.78, 5) is 16.9. The number of piperidine rings is 1. The van der Waals surface area contributed by atoms with E-state index < -0.39 is 30.7 Å². The Hall–Kier alpha value is -1.54. The average molecular weight is 324 g/mol. The maximum Gasteiger partial charge on any atom is 0.417 e. The zero-order chi connectivity index (χ0) is 15.7. The lowest BCUT2D eigenvalue weighted by Crippen LogP contribution is -2.55. The second-order valence-electron chi connectivity index (χ2n) is 4.84. The highest BCUT2D eigenvalue weighted by Gasteiger charge is 2.54. The van der Waals surface area contributed by atoms with Crippen LogP contribution in [0, 0.1) is 0 Å². The molecule has 0 bridgehead atoms. The summed E-state index contributed by atoms with van der Waals surface area (Å²) in [6, 6.07) is 0.922. The van der Waals surface area contributed by atoms with Crippen LogP contribution in [0.2, 0.25) is 5.02 Å². The molecule has 1 aromatic heterocycles. The molecule has 116 valence electrons. The highest BCUT2D eigenvalue weighted by Crippen LogP contribution is 2.38. The maximum atomic E-state index is 12.7. The number of halogens is 4. The van der Waals surface area contributed by atoms with Gasteiger partial charge >= 0.3 is 12.2 Å². The summed E-state index contributed by atoms with van der Waals surface area (Å²) >= 11 is 5.72. The minimum absolute atomic E-state index is 0.185. The highest BCUT2D eigenvalue weighted by atomic mass is 35.5. The standard InChI is InChI=1S/C12H13ClF3N3O2/c13-8-5-9(7-17-6-8)18-10(20)19-3-1-11(21,2-4-19)12(14,15)16/h5-7,21H,1-4H2,(H,18,20). The van der Waals surface area contributed by atoms with Gasteiger partial charge in [0, 0.05) is 32.1 Å². The van der Waals surface area contributed by atoms with E-state index in [0.29, 0.717) is 10.7 Å². The molecule has 1 aliphatic heterocycles. The van der Waals surface area contributed by atoms with E-state index in [1.165, 1.54) is 23.4 Å². The van der Waals surface area contributed by atoms with E-state index in [2.05, 4.69) is 10.3 Å². The number of nitrogens with one attached hydrogen (secondary N) is 1. The van der Waals surface area contributed by atoms with Crippen molar-refractivity contribution < 1.29 is 23.1 Å². The summed E-state index contributed by atoms with van der Waals surface area (Å²) in [5, 5.41) is 12.3. The third kappa shape index (κ3) is 3.56. The molecule has 21 heavy (non-hydrogen) atoms. The quantitative estimate of drug-likeness (QED) is 0.835. The minimum Gasteiger partial charge on any atom is -0.380 e. The van der Waals surface area contributed by atoms with Crippen molar-refractivity contribution in [3.05, 3.63) is 23.5 Å². The number of aromatic nitrogens is 1. The number of hydrogen-bond donors (Lipinski definition) is 2. The van der Waals surface area contributed by atoms with Gasteiger partial charge in [-0.15, -0.1) is 0 Å². The van der Waals surface area contributed by atoms with E-state index in [1.807, 2.05) is 0 Å². The molecule has 1 aliphatic rings. The number of rotatable bonds is 1. The molecule has 0 radical (unpaired) electrons. The Morgan fingerprint density at radius 3 is 2.52 bits per heavy atom. The number of nitrogens with zero attached hydrogens (tertiary/aromatic N) is 2. The first kappa shape index (κ1) is 15.8. The van der Waals surface area contributed by atoms with Gasteiger partial charge < -0.3 is 15.3 Å². The molecule has 0 atom stereocenters. The molecule has 0 aromatic carbocycles. The Bertz CT molecular complexity index is 531. The number of anilines is 1. The predicted octanol–water partition coefficient (Wildman–Crippen LogP) is 2.66. The van der Waals surface area contributed by atoms with Gasteiger partial charge in [0.05, 0.1) is 16.9 Å². The Morgan fingerprint density at radius 2 is 2.00 bits per heavy atom. The second kappa shape index (κ2) is 5.69. The SMILES string of the molecule is O=C(Nc1cncc(Cl)c1)N1CCC(O)(C(F)(F)F)CC1. The van der Waals surface area contributed by atoms with Crippen LogP contribution in [0.4, 0.5) is 23.7 Å². The van der Waals surface area contributed by atoms with Crippen molar-refractivity contribution in [3.63, 3.8) is 0 Å². The number of pyridine rings is 1. The number of amides is 2. The molecule has 0 saturated carbocycles. The van der Waals surface area contributed by atoms with Gasteiger partial charge in [-0.3, -0.25) is 4.98 Å². The molecule has 5 nitrogen and oxygen atoms in total. The molecular weight excluding hydrogens is 311 g/mol. The van der Waals surface area contributed by atoms with Crippen LogP contribution < -0.4 is 5.32 Å². The van der Waals surface area contributed by atoms with Crippen LogP contribution in [0.1, 0.15) is 12.8 Å². The highest BCUT2D eigenvalue weighted by molar-refractivity contribution is 6.30. The average Bonchev–Trinajstić information content (AvgIpc) is 2.38. The summed E-state index contributed by atoms with van der Waals surface area (Å²) in [5.74, 6) is 0. The van der Waals surface area contributed by atoms with Gasteiger partial charge in [-0.05, 0) is 6.07 Å². The summed E-state index contributed by atoms with van der Waals surface area (Å²) in [7, 11) is 0. The summed E-state index contributed by atoms with van der Waals surface area (Å²) in [6.07, 6.45) is -3.01. The molecule has 1 saturated heterocycles. The van der Waals surface area contributed by atoms with Crippen molar-refractivity contribution in [2.75, 3.05) is 18.4 Å². The minimum atomic E-state index is -4.69. The molecule has 2 N–H and O–H groups in total. The summed E-state index contributed by atoms with van der Waals surface area (Å²) < 4.78 is 38.0. The third-order valence-corrected chi connectivity index (χ3v) is 3.57. The lowest BCUT2D eigenvalue weighted by molar-refractivity contribution is -0.271. The molecule has 0 spiro atoms. The van der Waals surface area contributed by atoms with Gasteiger partial charge in [0.15, 0.2) is 5.60 Å². The van der Waals surface area contributed by atoms with E-state index in [0.717, 1.165) is 0 Å². The van der Waals surface area contributed by atoms with Crippen molar-refractivity contribution in [1.29, 1.82) is 0 Å². The molecule has 0 unspecified atom stereocenters. The third-order valence-electron chi connectivity index (χ3n) is 3.36. The first-order chi connectivity index (χ1) is 9.71. The first-order valence-corrected chi connectivity index (χ1v) is 6.55. The summed E-state index contributed by atoms with van der Waals surface area (Å²) in [5.41, 5.74) is -2.37. The Balaban J connectivity index is 1.95. The van der Waals surface area contributed by atoms with E-state index >= 15 is 0 Å². The van der Waals surface area contributed by atoms with Crippen LogP contribution >= 0.6 is 11.6 Å². The van der Waals surface area contributed by atoms with Gasteiger partial charge in [-0.2, -0.15) is 13.2 Å². The smallest absolute Gasteiger partial charge is 0.380 e. The van der Waals surface area contributed by atoms with E-state index in [1.54, 1.807) is 0 Å². The van der Waals surface area contributed by atoms with Crippen LogP contribution in [0.15, 0.2) is 18.5 Å². The maximum absolute atomic E-state index is 12.7. The molecule has 0 aliphatic carbocycles. The van der Waals surface area contributed by atoms with E-state index in [4.69, 9.17) is 11.6 Å². The van der Waals surface area contributed by atoms with Gasteiger partial charge in [0.25, 0.3) is 0 Å². The Labute approximate surface area is 123 Å². The molecule has 9 heteroatoms. The van der Waals surface area contributed by atoms with E-state index in [9.17, 15) is 23.1 Å². The fourth-order valence-electron chi connectivity index (χ4n) is 2.05. The monoisotopic (exact) mass is 323 g/mol. The summed E-state index contributed by atoms with van der Waals surface area (Å²) in [6.45, 7) is -0.369. The second-order valence-corrected chi connectivity index (χ2v) is 5.27. The Morgan fingerprint density at radius 1 is 1.38 bits per heavy atom. The zero-order valence-corrected chi connectivity index (χ0v) is 11.6. The van der Waals surface area contributed by atoms with Crippen LogP contribution in [-0.2, 0) is 0 Å².